The van der Waals surface area contributed by atoms with Gasteiger partial charge in [0.15, 0.2) is 11.5 Å². The van der Waals surface area contributed by atoms with Crippen LogP contribution in [0.4, 0.5) is 0 Å². The van der Waals surface area contributed by atoms with Crippen LogP contribution >= 0.6 is 23.2 Å². The second-order valence-electron chi connectivity index (χ2n) is 6.58. The fraction of sp³-hybridized carbons (Fsp3) is 0.455. The molecule has 0 amide bonds. The van der Waals surface area contributed by atoms with Gasteiger partial charge >= 0.3 is 0 Å². The number of hydrogen-bond donors (Lipinski definition) is 1. The third kappa shape index (κ3) is 7.25. The van der Waals surface area contributed by atoms with E-state index in [-0.39, 0.29) is 0 Å². The summed E-state index contributed by atoms with van der Waals surface area (Å²) in [7, 11) is 1.62. The Morgan fingerprint density at radius 2 is 1.74 bits per heavy atom. The second-order valence-corrected chi connectivity index (χ2v) is 7.39. The predicted octanol–water partition coefficient (Wildman–Crippen LogP) is 6.64. The molecule has 0 saturated carbocycles. The molecule has 0 spiro atoms. The molecule has 0 saturated heterocycles. The van der Waals surface area contributed by atoms with Crippen molar-refractivity contribution in [3.8, 4) is 11.5 Å². The highest BCUT2D eigenvalue weighted by atomic mass is 35.5. The van der Waals surface area contributed by atoms with Gasteiger partial charge in [-0.2, -0.15) is 0 Å². The molecule has 2 rings (SSSR count). The van der Waals surface area contributed by atoms with Crippen LogP contribution in [0.5, 0.6) is 11.5 Å². The number of halogens is 2. The topological polar surface area (TPSA) is 30.5 Å². The Hall–Kier alpha value is -1.42. The first-order chi connectivity index (χ1) is 13.2. The molecule has 0 radical (unpaired) electrons. The van der Waals surface area contributed by atoms with E-state index in [1.54, 1.807) is 7.11 Å². The average Bonchev–Trinajstić information content (AvgIpc) is 2.67. The monoisotopic (exact) mass is 409 g/mol. The molecule has 0 heterocycles. The number of hydrogen-bond acceptors (Lipinski definition) is 3. The average molecular weight is 410 g/mol. The minimum Gasteiger partial charge on any atom is -0.493 e. The summed E-state index contributed by atoms with van der Waals surface area (Å²) in [6.07, 6.45) is 6.39. The highest BCUT2D eigenvalue weighted by Gasteiger charge is 2.13. The van der Waals surface area contributed by atoms with Crippen molar-refractivity contribution >= 4 is 23.2 Å². The van der Waals surface area contributed by atoms with E-state index < -0.39 is 0 Å². The Morgan fingerprint density at radius 3 is 2.48 bits per heavy atom. The lowest BCUT2D eigenvalue weighted by Crippen LogP contribution is -2.14. The maximum Gasteiger partial charge on any atom is 0.180 e. The summed E-state index contributed by atoms with van der Waals surface area (Å²) in [5.74, 6) is 1.18. The minimum absolute atomic E-state index is 0.338. The maximum atomic E-state index is 6.45. The normalized spacial score (nSPS) is 10.8. The first kappa shape index (κ1) is 21.9. The van der Waals surface area contributed by atoms with Crippen LogP contribution in [0, 0.1) is 0 Å². The number of unbranched alkanes of at least 4 members (excludes halogenated alkanes) is 4. The van der Waals surface area contributed by atoms with Crippen molar-refractivity contribution in [1.29, 1.82) is 0 Å². The molecule has 5 heteroatoms. The molecular weight excluding hydrogens is 381 g/mol. The number of nitrogens with one attached hydrogen (secondary N) is 1. The summed E-state index contributed by atoms with van der Waals surface area (Å²) in [6, 6.07) is 11.5. The van der Waals surface area contributed by atoms with E-state index in [0.717, 1.165) is 24.2 Å². The van der Waals surface area contributed by atoms with Gasteiger partial charge in [-0.25, -0.2) is 0 Å². The van der Waals surface area contributed by atoms with Crippen LogP contribution in [0.3, 0.4) is 0 Å². The zero-order valence-corrected chi connectivity index (χ0v) is 17.7. The van der Waals surface area contributed by atoms with Gasteiger partial charge in [0.1, 0.15) is 6.61 Å². The third-order valence-corrected chi connectivity index (χ3v) is 5.05. The van der Waals surface area contributed by atoms with Crippen LogP contribution in [0.15, 0.2) is 36.4 Å². The predicted molar refractivity (Wildman–Crippen MR) is 114 cm³/mol. The van der Waals surface area contributed by atoms with Crippen molar-refractivity contribution in [2.45, 2.75) is 52.2 Å². The molecule has 1 N–H and O–H groups in total. The van der Waals surface area contributed by atoms with Gasteiger partial charge in [0.05, 0.1) is 12.1 Å². The molecule has 0 fully saturated rings. The van der Waals surface area contributed by atoms with E-state index in [1.807, 2.05) is 36.4 Å². The van der Waals surface area contributed by atoms with Gasteiger partial charge in [0.2, 0.25) is 0 Å². The molecule has 27 heavy (non-hydrogen) atoms. The molecule has 0 aliphatic carbocycles. The molecular formula is C22H29Cl2NO2. The van der Waals surface area contributed by atoms with Gasteiger partial charge in [-0.1, -0.05) is 74.0 Å². The summed E-state index contributed by atoms with van der Waals surface area (Å²) in [6.45, 7) is 4.34. The highest BCUT2D eigenvalue weighted by Crippen LogP contribution is 2.37. The SMILES string of the molecule is CCCCCCCNCc1cc(Cl)c(OCc2ccccc2Cl)c(OC)c1. The van der Waals surface area contributed by atoms with Crippen molar-refractivity contribution in [1.82, 2.24) is 5.32 Å². The standard InChI is InChI=1S/C22H29Cl2NO2/c1-3-4-5-6-9-12-25-15-17-13-20(24)22(21(14-17)26-2)27-16-18-10-7-8-11-19(18)23/h7-8,10-11,13-14,25H,3-6,9,12,15-16H2,1-2H3. The molecule has 0 aliphatic rings. The zero-order valence-electron chi connectivity index (χ0n) is 16.2. The van der Waals surface area contributed by atoms with Crippen molar-refractivity contribution in [2.24, 2.45) is 0 Å². The Balaban J connectivity index is 1.91. The molecule has 0 atom stereocenters. The van der Waals surface area contributed by atoms with Crippen molar-refractivity contribution in [3.63, 3.8) is 0 Å². The summed E-state index contributed by atoms with van der Waals surface area (Å²) in [5, 5.41) is 4.69. The zero-order chi connectivity index (χ0) is 19.5. The number of ether oxygens (including phenoxy) is 2. The molecule has 0 bridgehead atoms. The third-order valence-electron chi connectivity index (χ3n) is 4.41. The van der Waals surface area contributed by atoms with E-state index in [0.29, 0.717) is 28.2 Å². The van der Waals surface area contributed by atoms with E-state index >= 15 is 0 Å². The molecule has 0 unspecified atom stereocenters. The Bertz CT molecular complexity index is 707. The summed E-state index contributed by atoms with van der Waals surface area (Å²) in [4.78, 5) is 0. The van der Waals surface area contributed by atoms with Crippen LogP contribution in [0.2, 0.25) is 10.0 Å². The Morgan fingerprint density at radius 1 is 0.963 bits per heavy atom. The van der Waals surface area contributed by atoms with Gasteiger partial charge in [0.25, 0.3) is 0 Å². The highest BCUT2D eigenvalue weighted by molar-refractivity contribution is 6.32. The molecule has 2 aromatic rings. The quantitative estimate of drug-likeness (QED) is 0.398. The second kappa shape index (κ2) is 12.1. The van der Waals surface area contributed by atoms with E-state index in [1.165, 1.54) is 32.1 Å². The van der Waals surface area contributed by atoms with Gasteiger partial charge < -0.3 is 14.8 Å². The molecule has 2 aromatic carbocycles. The van der Waals surface area contributed by atoms with Gasteiger partial charge in [-0.15, -0.1) is 0 Å². The van der Waals surface area contributed by atoms with Gasteiger partial charge in [-0.3, -0.25) is 0 Å². The van der Waals surface area contributed by atoms with Crippen molar-refractivity contribution in [3.05, 3.63) is 57.6 Å². The fourth-order valence-electron chi connectivity index (χ4n) is 2.87. The van der Waals surface area contributed by atoms with Crippen LogP contribution < -0.4 is 14.8 Å². The lowest BCUT2D eigenvalue weighted by atomic mass is 10.1. The summed E-state index contributed by atoms with van der Waals surface area (Å²) < 4.78 is 11.4. The van der Waals surface area contributed by atoms with E-state index in [9.17, 15) is 0 Å². The Kier molecular flexibility index (Phi) is 9.82. The maximum absolute atomic E-state index is 6.45. The van der Waals surface area contributed by atoms with Gasteiger partial charge in [-0.05, 0) is 36.7 Å². The van der Waals surface area contributed by atoms with Crippen LogP contribution in [-0.4, -0.2) is 13.7 Å². The van der Waals surface area contributed by atoms with Gasteiger partial charge in [0, 0.05) is 17.1 Å². The molecule has 3 nitrogen and oxygen atoms in total. The first-order valence-corrected chi connectivity index (χ1v) is 10.3. The lowest BCUT2D eigenvalue weighted by molar-refractivity contribution is 0.284. The largest absolute Gasteiger partial charge is 0.493 e. The minimum atomic E-state index is 0.338. The Labute approximate surface area is 173 Å². The van der Waals surface area contributed by atoms with E-state index in [4.69, 9.17) is 32.7 Å². The number of benzene rings is 2. The lowest BCUT2D eigenvalue weighted by Gasteiger charge is -2.15. The summed E-state index contributed by atoms with van der Waals surface area (Å²) in [5.41, 5.74) is 1.99. The number of methoxy groups -OCH3 is 1. The molecule has 0 aromatic heterocycles. The molecule has 0 aliphatic heterocycles. The van der Waals surface area contributed by atoms with E-state index in [2.05, 4.69) is 12.2 Å². The van der Waals surface area contributed by atoms with Crippen molar-refractivity contribution < 1.29 is 9.47 Å². The van der Waals surface area contributed by atoms with Crippen LogP contribution in [0.25, 0.3) is 0 Å². The van der Waals surface area contributed by atoms with Crippen LogP contribution in [-0.2, 0) is 13.2 Å². The smallest absolute Gasteiger partial charge is 0.180 e. The first-order valence-electron chi connectivity index (χ1n) is 9.59. The molecule has 148 valence electrons. The summed E-state index contributed by atoms with van der Waals surface area (Å²) >= 11 is 12.6. The van der Waals surface area contributed by atoms with Crippen molar-refractivity contribution in [2.75, 3.05) is 13.7 Å². The number of rotatable bonds is 12. The van der Waals surface area contributed by atoms with Crippen LogP contribution in [0.1, 0.15) is 50.2 Å². The fourth-order valence-corrected chi connectivity index (χ4v) is 3.35.